The second-order valence-corrected chi connectivity index (χ2v) is 5.90. The zero-order valence-electron chi connectivity index (χ0n) is 12.3. The molecule has 0 saturated carbocycles. The molecule has 0 unspecified atom stereocenters. The van der Waals surface area contributed by atoms with E-state index in [0.29, 0.717) is 6.42 Å². The molecule has 1 saturated heterocycles. The van der Waals surface area contributed by atoms with E-state index < -0.39 is 0 Å². The van der Waals surface area contributed by atoms with E-state index in [-0.39, 0.29) is 12.5 Å². The number of likely N-dealkylation sites (tertiary alicyclic amines) is 1. The van der Waals surface area contributed by atoms with Crippen molar-refractivity contribution >= 4 is 17.5 Å². The highest BCUT2D eigenvalue weighted by atomic mass is 35.5. The van der Waals surface area contributed by atoms with Crippen LogP contribution in [0.25, 0.3) is 0 Å². The molecule has 0 atom stereocenters. The van der Waals surface area contributed by atoms with E-state index in [1.807, 2.05) is 29.2 Å². The first kappa shape index (κ1) is 16.3. The normalized spacial score (nSPS) is 15.2. The number of hydrogen-bond donors (Lipinski definition) is 1. The van der Waals surface area contributed by atoms with Gasteiger partial charge < -0.3 is 10.0 Å². The summed E-state index contributed by atoms with van der Waals surface area (Å²) in [5.74, 6) is 0.267. The van der Waals surface area contributed by atoms with Crippen LogP contribution in [0.4, 0.5) is 0 Å². The average molecular weight is 311 g/mol. The molecule has 21 heavy (non-hydrogen) atoms. The van der Waals surface area contributed by atoms with Crippen LogP contribution < -0.4 is 0 Å². The fraction of sp³-hybridized carbons (Fsp3) is 0.562. The second kappa shape index (κ2) is 8.37. The van der Waals surface area contributed by atoms with E-state index >= 15 is 0 Å². The molecule has 0 radical (unpaired) electrons. The fourth-order valence-corrected chi connectivity index (χ4v) is 2.74. The monoisotopic (exact) mass is 310 g/mol. The molecule has 4 nitrogen and oxygen atoms in total. The first-order valence-electron chi connectivity index (χ1n) is 7.54. The lowest BCUT2D eigenvalue weighted by molar-refractivity contribution is -0.127. The van der Waals surface area contributed by atoms with Crippen LogP contribution in [0.1, 0.15) is 24.8 Å². The Morgan fingerprint density at radius 3 is 2.62 bits per heavy atom. The Morgan fingerprint density at radius 2 is 2.00 bits per heavy atom. The summed E-state index contributed by atoms with van der Waals surface area (Å²) in [4.78, 5) is 15.9. The lowest BCUT2D eigenvalue weighted by Crippen LogP contribution is -2.36. The topological polar surface area (TPSA) is 43.8 Å². The Hall–Kier alpha value is -1.10. The summed E-state index contributed by atoms with van der Waals surface area (Å²) in [6, 6.07) is 7.83. The number of carbonyl (C=O) groups excluding carboxylic acids is 1. The van der Waals surface area contributed by atoms with Crippen LogP contribution in [0.3, 0.4) is 0 Å². The van der Waals surface area contributed by atoms with Crippen molar-refractivity contribution in [1.29, 1.82) is 0 Å². The van der Waals surface area contributed by atoms with Gasteiger partial charge in [-0.25, -0.2) is 0 Å². The van der Waals surface area contributed by atoms with Gasteiger partial charge in [-0.3, -0.25) is 9.69 Å². The molecule has 0 bridgehead atoms. The van der Waals surface area contributed by atoms with Crippen molar-refractivity contribution in [2.75, 3.05) is 32.8 Å². The van der Waals surface area contributed by atoms with Gasteiger partial charge in [-0.1, -0.05) is 23.7 Å². The van der Waals surface area contributed by atoms with Gasteiger partial charge in [-0.15, -0.1) is 0 Å². The maximum Gasteiger partial charge on any atom is 0.222 e. The lowest BCUT2D eigenvalue weighted by atomic mass is 10.2. The second-order valence-electron chi connectivity index (χ2n) is 5.46. The van der Waals surface area contributed by atoms with Crippen LogP contribution in [0, 0.1) is 0 Å². The van der Waals surface area contributed by atoms with Gasteiger partial charge in [0.1, 0.15) is 0 Å². The van der Waals surface area contributed by atoms with E-state index in [0.717, 1.165) is 50.6 Å². The van der Waals surface area contributed by atoms with Crippen molar-refractivity contribution in [2.24, 2.45) is 0 Å². The van der Waals surface area contributed by atoms with Crippen molar-refractivity contribution in [3.63, 3.8) is 0 Å². The molecule has 116 valence electrons. The molecule has 0 spiro atoms. The maximum absolute atomic E-state index is 11.6. The molecule has 0 aromatic heterocycles. The standard InChI is InChI=1S/C16H23ClN2O2/c17-15-6-4-14(5-7-15)13-18(8-2-12-20)10-11-19-9-1-3-16(19)21/h4-7,20H,1-3,8-13H2. The maximum atomic E-state index is 11.6. The molecule has 1 aliphatic rings. The van der Waals surface area contributed by atoms with Gasteiger partial charge in [0, 0.05) is 50.8 Å². The van der Waals surface area contributed by atoms with Gasteiger partial charge in [0.15, 0.2) is 0 Å². The Morgan fingerprint density at radius 1 is 1.24 bits per heavy atom. The SMILES string of the molecule is O=C1CCCN1CCN(CCCO)Cc1ccc(Cl)cc1. The van der Waals surface area contributed by atoms with Gasteiger partial charge >= 0.3 is 0 Å². The Kier molecular flexibility index (Phi) is 6.49. The summed E-state index contributed by atoms with van der Waals surface area (Å²) in [5, 5.41) is 9.77. The van der Waals surface area contributed by atoms with Gasteiger partial charge in [-0.2, -0.15) is 0 Å². The largest absolute Gasteiger partial charge is 0.396 e. The predicted molar refractivity (Wildman–Crippen MR) is 84.2 cm³/mol. The number of halogens is 1. The molecule has 0 aliphatic carbocycles. The van der Waals surface area contributed by atoms with Crippen LogP contribution >= 0.6 is 11.6 Å². The zero-order valence-corrected chi connectivity index (χ0v) is 13.1. The van der Waals surface area contributed by atoms with E-state index in [9.17, 15) is 4.79 Å². The van der Waals surface area contributed by atoms with Crippen molar-refractivity contribution < 1.29 is 9.90 Å². The van der Waals surface area contributed by atoms with E-state index in [1.165, 1.54) is 5.56 Å². The summed E-state index contributed by atoms with van der Waals surface area (Å²) in [5.41, 5.74) is 1.20. The van der Waals surface area contributed by atoms with E-state index in [2.05, 4.69) is 4.90 Å². The van der Waals surface area contributed by atoms with Crippen LogP contribution in [0.5, 0.6) is 0 Å². The molecule has 1 heterocycles. The Bertz CT molecular complexity index is 450. The third-order valence-electron chi connectivity index (χ3n) is 3.81. The first-order chi connectivity index (χ1) is 10.2. The molecular weight excluding hydrogens is 288 g/mol. The minimum Gasteiger partial charge on any atom is -0.396 e. The van der Waals surface area contributed by atoms with Crippen molar-refractivity contribution in [2.45, 2.75) is 25.8 Å². The van der Waals surface area contributed by atoms with Crippen LogP contribution in [0.2, 0.25) is 5.02 Å². The number of aliphatic hydroxyl groups excluding tert-OH is 1. The fourth-order valence-electron chi connectivity index (χ4n) is 2.61. The van der Waals surface area contributed by atoms with Crippen LogP contribution in [-0.2, 0) is 11.3 Å². The molecule has 1 aliphatic heterocycles. The summed E-state index contributed by atoms with van der Waals surface area (Å²) in [6.45, 7) is 4.35. The first-order valence-corrected chi connectivity index (χ1v) is 7.92. The highest BCUT2D eigenvalue weighted by molar-refractivity contribution is 6.30. The molecule has 5 heteroatoms. The third-order valence-corrected chi connectivity index (χ3v) is 4.06. The molecule has 1 N–H and O–H groups in total. The van der Waals surface area contributed by atoms with Crippen molar-refractivity contribution in [3.05, 3.63) is 34.9 Å². The van der Waals surface area contributed by atoms with Crippen molar-refractivity contribution in [1.82, 2.24) is 9.80 Å². The predicted octanol–water partition coefficient (Wildman–Crippen LogP) is 2.15. The van der Waals surface area contributed by atoms with Crippen LogP contribution in [-0.4, -0.2) is 53.6 Å². The number of benzene rings is 1. The van der Waals surface area contributed by atoms with Crippen molar-refractivity contribution in [3.8, 4) is 0 Å². The number of nitrogens with zero attached hydrogens (tertiary/aromatic N) is 2. The molecular formula is C16H23ClN2O2. The Labute approximate surface area is 131 Å². The summed E-state index contributed by atoms with van der Waals surface area (Å²) in [6.07, 6.45) is 2.42. The number of hydrogen-bond acceptors (Lipinski definition) is 3. The lowest BCUT2D eigenvalue weighted by Gasteiger charge is -2.25. The molecule has 1 aromatic carbocycles. The van der Waals surface area contributed by atoms with Gasteiger partial charge in [0.05, 0.1) is 0 Å². The van der Waals surface area contributed by atoms with E-state index in [4.69, 9.17) is 16.7 Å². The zero-order chi connectivity index (χ0) is 15.1. The van der Waals surface area contributed by atoms with Gasteiger partial charge in [-0.05, 0) is 30.5 Å². The van der Waals surface area contributed by atoms with Gasteiger partial charge in [0.25, 0.3) is 0 Å². The molecule has 2 rings (SSSR count). The molecule has 1 aromatic rings. The van der Waals surface area contributed by atoms with Gasteiger partial charge in [0.2, 0.25) is 5.91 Å². The Balaban J connectivity index is 1.87. The summed E-state index contributed by atoms with van der Waals surface area (Å²) >= 11 is 5.90. The number of carbonyl (C=O) groups is 1. The minimum absolute atomic E-state index is 0.194. The molecule has 1 fully saturated rings. The summed E-state index contributed by atoms with van der Waals surface area (Å²) in [7, 11) is 0. The highest BCUT2D eigenvalue weighted by Gasteiger charge is 2.20. The number of amides is 1. The summed E-state index contributed by atoms with van der Waals surface area (Å²) < 4.78 is 0. The quantitative estimate of drug-likeness (QED) is 0.800. The number of aliphatic hydroxyl groups is 1. The minimum atomic E-state index is 0.194. The highest BCUT2D eigenvalue weighted by Crippen LogP contribution is 2.13. The molecule has 1 amide bonds. The average Bonchev–Trinajstić information content (AvgIpc) is 2.89. The number of rotatable bonds is 8. The smallest absolute Gasteiger partial charge is 0.222 e. The van der Waals surface area contributed by atoms with E-state index in [1.54, 1.807) is 0 Å². The third kappa shape index (κ3) is 5.30. The van der Waals surface area contributed by atoms with Crippen LogP contribution in [0.15, 0.2) is 24.3 Å².